The number of piperidine rings is 1. The molecule has 1 fully saturated rings. The Bertz CT molecular complexity index is 972. The van der Waals surface area contributed by atoms with Crippen LogP contribution in [-0.4, -0.2) is 35.2 Å². The van der Waals surface area contributed by atoms with Gasteiger partial charge in [-0.3, -0.25) is 14.4 Å². The molecule has 0 spiro atoms. The minimum Gasteiger partial charge on any atom is -0.327 e. The third kappa shape index (κ3) is 3.35. The summed E-state index contributed by atoms with van der Waals surface area (Å²) in [6.07, 6.45) is 2.34. The Morgan fingerprint density at radius 3 is 2.34 bits per heavy atom. The first-order chi connectivity index (χ1) is 13.8. The summed E-state index contributed by atoms with van der Waals surface area (Å²) in [5.74, 6) is -0.868. The Morgan fingerprint density at radius 2 is 1.66 bits per heavy atom. The summed E-state index contributed by atoms with van der Waals surface area (Å²) in [7, 11) is 0. The number of carbonyl (C=O) groups is 3. The third-order valence-corrected chi connectivity index (χ3v) is 5.85. The lowest BCUT2D eigenvalue weighted by molar-refractivity contribution is -0.123. The number of nitrogens with zero attached hydrogens (tertiary/aromatic N) is 2. The second-order valence-electron chi connectivity index (χ2n) is 8.83. The highest BCUT2D eigenvalue weighted by Gasteiger charge is 2.42. The summed E-state index contributed by atoms with van der Waals surface area (Å²) < 4.78 is 0. The van der Waals surface area contributed by atoms with Crippen molar-refractivity contribution < 1.29 is 14.4 Å². The van der Waals surface area contributed by atoms with Crippen LogP contribution in [0.3, 0.4) is 0 Å². The largest absolute Gasteiger partial charge is 0.327 e. The zero-order chi connectivity index (χ0) is 20.8. The molecule has 0 radical (unpaired) electrons. The van der Waals surface area contributed by atoms with Gasteiger partial charge in [0.2, 0.25) is 0 Å². The Labute approximate surface area is 171 Å². The van der Waals surface area contributed by atoms with E-state index in [9.17, 15) is 14.4 Å². The predicted molar refractivity (Wildman–Crippen MR) is 112 cm³/mol. The summed E-state index contributed by atoms with van der Waals surface area (Å²) in [6.45, 7) is 6.89. The average molecular weight is 390 g/mol. The van der Waals surface area contributed by atoms with Crippen LogP contribution in [0.25, 0.3) is 0 Å². The van der Waals surface area contributed by atoms with Crippen molar-refractivity contribution in [2.75, 3.05) is 11.4 Å². The Hall–Kier alpha value is -2.95. The van der Waals surface area contributed by atoms with Gasteiger partial charge in [-0.2, -0.15) is 0 Å². The molecule has 0 aromatic heterocycles. The third-order valence-electron chi connectivity index (χ3n) is 5.85. The molecule has 1 saturated heterocycles. The molecule has 3 amide bonds. The van der Waals surface area contributed by atoms with Gasteiger partial charge in [0.1, 0.15) is 6.04 Å². The smallest absolute Gasteiger partial charge is 0.265 e. The summed E-state index contributed by atoms with van der Waals surface area (Å²) in [4.78, 5) is 42.9. The average Bonchev–Trinajstić information content (AvgIpc) is 2.81. The number of amides is 3. The normalized spacial score (nSPS) is 19.5. The van der Waals surface area contributed by atoms with Gasteiger partial charge in [0.05, 0.1) is 11.3 Å². The van der Waals surface area contributed by atoms with E-state index < -0.39 is 6.04 Å². The first-order valence-electron chi connectivity index (χ1n) is 10.2. The number of anilines is 1. The van der Waals surface area contributed by atoms with Crippen LogP contribution < -0.4 is 4.90 Å². The fourth-order valence-electron chi connectivity index (χ4n) is 4.15. The summed E-state index contributed by atoms with van der Waals surface area (Å²) in [5, 5.41) is 0. The van der Waals surface area contributed by atoms with E-state index in [-0.39, 0.29) is 23.1 Å². The van der Waals surface area contributed by atoms with E-state index in [1.807, 2.05) is 12.1 Å². The van der Waals surface area contributed by atoms with Gasteiger partial charge in [-0.15, -0.1) is 0 Å². The highest BCUT2D eigenvalue weighted by molar-refractivity contribution is 6.26. The monoisotopic (exact) mass is 390 g/mol. The van der Waals surface area contributed by atoms with Gasteiger partial charge in [-0.1, -0.05) is 45.0 Å². The van der Waals surface area contributed by atoms with E-state index in [0.29, 0.717) is 29.8 Å². The lowest BCUT2D eigenvalue weighted by Crippen LogP contribution is -2.52. The molecule has 5 nitrogen and oxygen atoms in total. The molecule has 1 atom stereocenters. The van der Waals surface area contributed by atoms with Crippen LogP contribution in [0.2, 0.25) is 0 Å². The van der Waals surface area contributed by atoms with Crippen LogP contribution in [0.15, 0.2) is 48.5 Å². The quantitative estimate of drug-likeness (QED) is 0.687. The van der Waals surface area contributed by atoms with Crippen LogP contribution in [0.1, 0.15) is 66.3 Å². The molecular weight excluding hydrogens is 364 g/mol. The highest BCUT2D eigenvalue weighted by atomic mass is 16.2. The van der Waals surface area contributed by atoms with E-state index in [4.69, 9.17) is 0 Å². The molecule has 0 N–H and O–H groups in total. The number of hydrogen-bond acceptors (Lipinski definition) is 3. The standard InChI is InChI=1S/C24H26N2O3/c1-24(2,3)17-13-11-16(12-14-17)21(27)26-19-9-5-4-8-18(19)22(28)25-15-7-6-10-20(25)23(26)29/h4-5,8-9,11-14,20H,6-7,10,15H2,1-3H3/t20-/m1/s1. The number of fused-ring (bicyclic) bond motifs is 2. The van der Waals surface area contributed by atoms with Gasteiger partial charge < -0.3 is 4.90 Å². The zero-order valence-electron chi connectivity index (χ0n) is 17.1. The van der Waals surface area contributed by atoms with E-state index in [1.54, 1.807) is 41.3 Å². The number of benzene rings is 2. The van der Waals surface area contributed by atoms with Crippen molar-refractivity contribution in [3.63, 3.8) is 0 Å². The Kier molecular flexibility index (Phi) is 4.77. The lowest BCUT2D eigenvalue weighted by Gasteiger charge is -2.34. The molecule has 0 bridgehead atoms. The predicted octanol–water partition coefficient (Wildman–Crippen LogP) is 4.17. The van der Waals surface area contributed by atoms with Gasteiger partial charge in [-0.25, -0.2) is 4.90 Å². The molecule has 4 rings (SSSR count). The van der Waals surface area contributed by atoms with E-state index in [2.05, 4.69) is 20.8 Å². The Morgan fingerprint density at radius 1 is 0.966 bits per heavy atom. The molecular formula is C24H26N2O3. The molecule has 2 aromatic carbocycles. The maximum atomic E-state index is 13.4. The van der Waals surface area contributed by atoms with Crippen LogP contribution >= 0.6 is 0 Å². The molecule has 150 valence electrons. The van der Waals surface area contributed by atoms with Crippen molar-refractivity contribution >= 4 is 23.4 Å². The second kappa shape index (κ2) is 7.14. The molecule has 5 heteroatoms. The second-order valence-corrected chi connectivity index (χ2v) is 8.83. The van der Waals surface area contributed by atoms with Crippen LogP contribution in [0.4, 0.5) is 5.69 Å². The molecule has 2 aromatic rings. The van der Waals surface area contributed by atoms with Gasteiger partial charge in [0.25, 0.3) is 17.7 Å². The maximum absolute atomic E-state index is 13.4. The summed E-state index contributed by atoms with van der Waals surface area (Å²) in [5.41, 5.74) is 2.32. The van der Waals surface area contributed by atoms with Gasteiger partial charge in [-0.05, 0) is 54.5 Å². The van der Waals surface area contributed by atoms with Gasteiger partial charge in [0.15, 0.2) is 0 Å². The van der Waals surface area contributed by atoms with Crippen LogP contribution in [-0.2, 0) is 10.2 Å². The summed E-state index contributed by atoms with van der Waals surface area (Å²) >= 11 is 0. The van der Waals surface area contributed by atoms with E-state index >= 15 is 0 Å². The van der Waals surface area contributed by atoms with Gasteiger partial charge in [0, 0.05) is 12.1 Å². The molecule has 0 aliphatic carbocycles. The van der Waals surface area contributed by atoms with Crippen molar-refractivity contribution in [3.05, 3.63) is 65.2 Å². The van der Waals surface area contributed by atoms with Crippen LogP contribution in [0.5, 0.6) is 0 Å². The van der Waals surface area contributed by atoms with Crippen molar-refractivity contribution in [3.8, 4) is 0 Å². The van der Waals surface area contributed by atoms with Crippen molar-refractivity contribution in [1.29, 1.82) is 0 Å². The topological polar surface area (TPSA) is 57.7 Å². The SMILES string of the molecule is CC(C)(C)c1ccc(C(=O)N2C(=O)[C@H]3CCCCN3C(=O)c3ccccc32)cc1. The van der Waals surface area contributed by atoms with Crippen molar-refractivity contribution in [2.45, 2.75) is 51.5 Å². The van der Waals surface area contributed by atoms with E-state index in [1.165, 1.54) is 4.90 Å². The number of imide groups is 1. The summed E-state index contributed by atoms with van der Waals surface area (Å²) in [6, 6.07) is 13.7. The minimum absolute atomic E-state index is 0.0262. The number of carbonyl (C=O) groups excluding carboxylic acids is 3. The molecule has 0 saturated carbocycles. The fourth-order valence-corrected chi connectivity index (χ4v) is 4.15. The molecule has 2 aliphatic rings. The molecule has 2 heterocycles. The highest BCUT2D eigenvalue weighted by Crippen LogP contribution is 2.33. The van der Waals surface area contributed by atoms with E-state index in [0.717, 1.165) is 18.4 Å². The maximum Gasteiger partial charge on any atom is 0.265 e. The first-order valence-corrected chi connectivity index (χ1v) is 10.2. The van der Waals surface area contributed by atoms with Crippen molar-refractivity contribution in [1.82, 2.24) is 4.90 Å². The number of hydrogen-bond donors (Lipinski definition) is 0. The minimum atomic E-state index is -0.582. The Balaban J connectivity index is 1.78. The number of para-hydroxylation sites is 1. The number of rotatable bonds is 1. The molecule has 2 aliphatic heterocycles. The zero-order valence-corrected chi connectivity index (χ0v) is 17.1. The molecule has 29 heavy (non-hydrogen) atoms. The lowest BCUT2D eigenvalue weighted by atomic mass is 9.86. The van der Waals surface area contributed by atoms with Gasteiger partial charge >= 0.3 is 0 Å². The fraction of sp³-hybridized carbons (Fsp3) is 0.375. The van der Waals surface area contributed by atoms with Crippen molar-refractivity contribution in [2.24, 2.45) is 0 Å². The van der Waals surface area contributed by atoms with Crippen LogP contribution in [0, 0.1) is 0 Å². The molecule has 0 unspecified atom stereocenters. The first kappa shape index (κ1) is 19.4.